The second-order valence-corrected chi connectivity index (χ2v) is 12.9. The second-order valence-electron chi connectivity index (χ2n) is 9.18. The van der Waals surface area contributed by atoms with Crippen LogP contribution in [0.25, 0.3) is 27.5 Å². The molecule has 0 radical (unpaired) electrons. The highest BCUT2D eigenvalue weighted by Crippen LogP contribution is 2.34. The highest BCUT2D eigenvalue weighted by atomic mass is 28.3. The average Bonchev–Trinajstić information content (AvgIpc) is 3.26. The van der Waals surface area contributed by atoms with Crippen molar-refractivity contribution in [3.8, 4) is 5.69 Å². The topological polar surface area (TPSA) is 45.4 Å². The van der Waals surface area contributed by atoms with E-state index in [1.54, 1.807) is 0 Å². The van der Waals surface area contributed by atoms with Crippen molar-refractivity contribution in [3.63, 3.8) is 0 Å². The summed E-state index contributed by atoms with van der Waals surface area (Å²) in [6.07, 6.45) is 0. The van der Waals surface area contributed by atoms with Crippen molar-refractivity contribution < 1.29 is 10.0 Å². The van der Waals surface area contributed by atoms with Gasteiger partial charge < -0.3 is 14.6 Å². The van der Waals surface area contributed by atoms with Gasteiger partial charge in [-0.05, 0) is 38.3 Å². The molecule has 166 valence electrons. The minimum absolute atomic E-state index is 0.502. The fourth-order valence-electron chi connectivity index (χ4n) is 6.08. The van der Waals surface area contributed by atoms with E-state index in [0.29, 0.717) is 5.46 Å². The number of hydrogen-bond donors (Lipinski definition) is 2. The lowest BCUT2D eigenvalue weighted by atomic mass is 9.81. The quantitative estimate of drug-likeness (QED) is 0.392. The smallest absolute Gasteiger partial charge is 0.423 e. The molecule has 5 heteroatoms. The molecule has 3 nitrogen and oxygen atoms in total. The lowest BCUT2D eigenvalue weighted by molar-refractivity contribution is 0.426. The zero-order chi connectivity index (χ0) is 23.6. The number of nitrogens with zero attached hydrogens (tertiary/aromatic N) is 1. The van der Waals surface area contributed by atoms with Gasteiger partial charge in [0.1, 0.15) is 0 Å². The molecule has 1 aromatic heterocycles. The molecule has 0 spiro atoms. The van der Waals surface area contributed by atoms with Crippen LogP contribution in [0, 0.1) is 0 Å². The zero-order valence-corrected chi connectivity index (χ0v) is 20.0. The van der Waals surface area contributed by atoms with Crippen molar-refractivity contribution in [1.29, 1.82) is 0 Å². The molecular weight excluding hydrogens is 445 g/mol. The fourth-order valence-corrected chi connectivity index (χ4v) is 11.2. The first-order valence-corrected chi connectivity index (χ1v) is 13.9. The van der Waals surface area contributed by atoms with Crippen molar-refractivity contribution in [2.24, 2.45) is 0 Å². The normalized spacial score (nSPS) is 16.4. The van der Waals surface area contributed by atoms with Crippen LogP contribution in [-0.2, 0) is 0 Å². The lowest BCUT2D eigenvalue weighted by Crippen LogP contribution is -2.76. The summed E-state index contributed by atoms with van der Waals surface area (Å²) in [5.41, 5.74) is 4.22. The summed E-state index contributed by atoms with van der Waals surface area (Å²) in [5.74, 6) is 0. The Morgan fingerprint density at radius 2 is 1.17 bits per heavy atom. The van der Waals surface area contributed by atoms with Gasteiger partial charge in [0.25, 0.3) is 0 Å². The molecule has 35 heavy (non-hydrogen) atoms. The minimum atomic E-state index is -2.71. The summed E-state index contributed by atoms with van der Waals surface area (Å²) in [5, 5.41) is 27.3. The Balaban J connectivity index is 1.72. The SMILES string of the molecule is OB(O)c1ccc([Si]2(c3ccccc3)c3ccccc3-n3c4ccccc4c4cccc2c43)cc1. The molecule has 0 aliphatic carbocycles. The van der Waals surface area contributed by atoms with Gasteiger partial charge in [-0.2, -0.15) is 0 Å². The Hall–Kier alpha value is -3.90. The molecule has 1 aliphatic heterocycles. The maximum atomic E-state index is 9.76. The van der Waals surface area contributed by atoms with Gasteiger partial charge in [-0.1, -0.05) is 109 Å². The van der Waals surface area contributed by atoms with Crippen LogP contribution in [0.2, 0.25) is 0 Å². The Bertz CT molecular complexity index is 1730. The van der Waals surface area contributed by atoms with E-state index in [-0.39, 0.29) is 0 Å². The van der Waals surface area contributed by atoms with Crippen molar-refractivity contribution >= 4 is 63.2 Å². The standard InChI is InChI=1S/C30H22BNO2Si/c33-31(34)21-17-19-23(20-18-21)35(22-9-2-1-3-10-22)28-15-7-6-14-27(28)32-26-13-5-4-11-24(26)25-12-8-16-29(35)30(25)32/h1-20,33-34H. The fraction of sp³-hybridized carbons (Fsp3) is 0. The molecule has 0 amide bonds. The molecule has 1 aliphatic rings. The van der Waals surface area contributed by atoms with Gasteiger partial charge in [0, 0.05) is 16.5 Å². The molecule has 6 aromatic rings. The molecule has 0 fully saturated rings. The van der Waals surface area contributed by atoms with Crippen molar-refractivity contribution in [2.45, 2.75) is 0 Å². The Morgan fingerprint density at radius 3 is 1.97 bits per heavy atom. The highest BCUT2D eigenvalue weighted by molar-refractivity contribution is 7.21. The van der Waals surface area contributed by atoms with Crippen LogP contribution in [0.5, 0.6) is 0 Å². The van der Waals surface area contributed by atoms with Crippen LogP contribution in [0.4, 0.5) is 0 Å². The van der Waals surface area contributed by atoms with Crippen LogP contribution in [-0.4, -0.2) is 29.8 Å². The van der Waals surface area contributed by atoms with Crippen LogP contribution in [0.15, 0.2) is 121 Å². The maximum absolute atomic E-state index is 9.76. The minimum Gasteiger partial charge on any atom is -0.423 e. The van der Waals surface area contributed by atoms with Gasteiger partial charge in [-0.25, -0.2) is 0 Å². The molecule has 0 saturated carbocycles. The largest absolute Gasteiger partial charge is 0.488 e. The van der Waals surface area contributed by atoms with E-state index in [1.165, 1.54) is 48.2 Å². The van der Waals surface area contributed by atoms with Crippen LogP contribution < -0.4 is 26.2 Å². The molecule has 2 heterocycles. The van der Waals surface area contributed by atoms with Crippen LogP contribution in [0.3, 0.4) is 0 Å². The summed E-state index contributed by atoms with van der Waals surface area (Å²) >= 11 is 0. The third-order valence-corrected chi connectivity index (χ3v) is 12.3. The summed E-state index contributed by atoms with van der Waals surface area (Å²) in [6, 6.07) is 43.0. The number of aromatic nitrogens is 1. The molecule has 1 atom stereocenters. The van der Waals surface area contributed by atoms with E-state index in [4.69, 9.17) is 0 Å². The van der Waals surface area contributed by atoms with E-state index < -0.39 is 15.2 Å². The zero-order valence-electron chi connectivity index (χ0n) is 19.0. The van der Waals surface area contributed by atoms with Gasteiger partial charge >= 0.3 is 7.12 Å². The number of rotatable bonds is 3. The first kappa shape index (κ1) is 20.5. The summed E-state index contributed by atoms with van der Waals surface area (Å²) in [7, 11) is -4.19. The first-order chi connectivity index (χ1) is 17.2. The molecule has 0 saturated heterocycles. The number of para-hydroxylation sites is 3. The second kappa shape index (κ2) is 7.55. The molecule has 2 N–H and O–H groups in total. The number of hydrogen-bond acceptors (Lipinski definition) is 2. The average molecular weight is 467 g/mol. The predicted molar refractivity (Wildman–Crippen MR) is 148 cm³/mol. The number of fused-ring (bicyclic) bond motifs is 5. The summed E-state index contributed by atoms with van der Waals surface area (Å²) in [6.45, 7) is 0. The highest BCUT2D eigenvalue weighted by Gasteiger charge is 2.47. The van der Waals surface area contributed by atoms with E-state index in [9.17, 15) is 10.0 Å². The Kier molecular flexibility index (Phi) is 4.42. The molecule has 0 bridgehead atoms. The van der Waals surface area contributed by atoms with E-state index in [0.717, 1.165) is 0 Å². The van der Waals surface area contributed by atoms with Gasteiger partial charge in [0.2, 0.25) is 0 Å². The molecule has 7 rings (SSSR count). The first-order valence-electron chi connectivity index (χ1n) is 11.9. The van der Waals surface area contributed by atoms with Crippen LogP contribution in [0.1, 0.15) is 0 Å². The third kappa shape index (κ3) is 2.68. The Labute approximate surface area is 204 Å². The maximum Gasteiger partial charge on any atom is 0.488 e. The van der Waals surface area contributed by atoms with Gasteiger partial charge in [0.15, 0.2) is 8.07 Å². The van der Waals surface area contributed by atoms with E-state index in [2.05, 4.69) is 114 Å². The molecular formula is C30H22BNO2Si. The monoisotopic (exact) mass is 467 g/mol. The van der Waals surface area contributed by atoms with E-state index >= 15 is 0 Å². The predicted octanol–water partition coefficient (Wildman–Crippen LogP) is 2.15. The molecule has 1 unspecified atom stereocenters. The van der Waals surface area contributed by atoms with Gasteiger partial charge in [-0.3, -0.25) is 0 Å². The number of benzene rings is 5. The van der Waals surface area contributed by atoms with Gasteiger partial charge in [0.05, 0.1) is 11.0 Å². The van der Waals surface area contributed by atoms with Crippen molar-refractivity contribution in [2.75, 3.05) is 0 Å². The summed E-state index contributed by atoms with van der Waals surface area (Å²) < 4.78 is 2.44. The Morgan fingerprint density at radius 1 is 0.543 bits per heavy atom. The summed E-state index contributed by atoms with van der Waals surface area (Å²) in [4.78, 5) is 0. The van der Waals surface area contributed by atoms with Crippen molar-refractivity contribution in [3.05, 3.63) is 121 Å². The molecule has 5 aromatic carbocycles. The van der Waals surface area contributed by atoms with E-state index in [1.807, 2.05) is 12.1 Å². The third-order valence-electron chi connectivity index (χ3n) is 7.50. The van der Waals surface area contributed by atoms with Crippen LogP contribution >= 0.6 is 0 Å². The van der Waals surface area contributed by atoms with Crippen molar-refractivity contribution in [1.82, 2.24) is 4.57 Å². The van der Waals surface area contributed by atoms with Gasteiger partial charge in [-0.15, -0.1) is 0 Å². The lowest BCUT2D eigenvalue weighted by Gasteiger charge is -2.39.